The van der Waals surface area contributed by atoms with E-state index in [1.807, 2.05) is 11.6 Å². The fourth-order valence-corrected chi connectivity index (χ4v) is 2.64. The standard InChI is InChI=1S/C12H20ClN3O/c1-15-11(13)8-14-12(15)9-16-6-3-2-4-10(16)5-7-17/h8,10,17H,2-7,9H2,1H3. The maximum absolute atomic E-state index is 9.09. The topological polar surface area (TPSA) is 41.3 Å². The van der Waals surface area contributed by atoms with Crippen molar-refractivity contribution in [2.24, 2.45) is 7.05 Å². The molecule has 96 valence electrons. The number of aliphatic hydroxyl groups is 1. The van der Waals surface area contributed by atoms with Gasteiger partial charge in [-0.25, -0.2) is 4.98 Å². The Balaban J connectivity index is 2.02. The fraction of sp³-hybridized carbons (Fsp3) is 0.750. The van der Waals surface area contributed by atoms with Crippen LogP contribution in [-0.2, 0) is 13.6 Å². The summed E-state index contributed by atoms with van der Waals surface area (Å²) in [4.78, 5) is 6.75. The first kappa shape index (κ1) is 12.9. The van der Waals surface area contributed by atoms with E-state index >= 15 is 0 Å². The van der Waals surface area contributed by atoms with Crippen LogP contribution in [0.4, 0.5) is 0 Å². The number of likely N-dealkylation sites (tertiary alicyclic amines) is 1. The van der Waals surface area contributed by atoms with Crippen LogP contribution in [0.3, 0.4) is 0 Å². The lowest BCUT2D eigenvalue weighted by Gasteiger charge is -2.35. The highest BCUT2D eigenvalue weighted by Crippen LogP contribution is 2.22. The second kappa shape index (κ2) is 5.85. The summed E-state index contributed by atoms with van der Waals surface area (Å²) in [7, 11) is 1.94. The fourth-order valence-electron chi connectivity index (χ4n) is 2.50. The van der Waals surface area contributed by atoms with Gasteiger partial charge < -0.3 is 9.67 Å². The molecule has 4 nitrogen and oxygen atoms in total. The van der Waals surface area contributed by atoms with Crippen molar-refractivity contribution >= 4 is 11.6 Å². The zero-order chi connectivity index (χ0) is 12.3. The van der Waals surface area contributed by atoms with Crippen molar-refractivity contribution in [2.75, 3.05) is 13.2 Å². The van der Waals surface area contributed by atoms with Gasteiger partial charge in [0.25, 0.3) is 0 Å². The van der Waals surface area contributed by atoms with Crippen LogP contribution in [-0.4, -0.2) is 38.8 Å². The van der Waals surface area contributed by atoms with Gasteiger partial charge >= 0.3 is 0 Å². The average molecular weight is 258 g/mol. The first-order valence-corrected chi connectivity index (χ1v) is 6.61. The summed E-state index contributed by atoms with van der Waals surface area (Å²) < 4.78 is 1.92. The van der Waals surface area contributed by atoms with Crippen LogP contribution in [0, 0.1) is 0 Å². The molecule has 1 aromatic rings. The number of hydrogen-bond acceptors (Lipinski definition) is 3. The quantitative estimate of drug-likeness (QED) is 0.895. The zero-order valence-electron chi connectivity index (χ0n) is 10.3. The van der Waals surface area contributed by atoms with E-state index in [1.165, 1.54) is 19.3 Å². The van der Waals surface area contributed by atoms with Crippen LogP contribution < -0.4 is 0 Å². The highest BCUT2D eigenvalue weighted by atomic mass is 35.5. The molecule has 2 rings (SSSR count). The second-order valence-electron chi connectivity index (χ2n) is 4.69. The molecule has 0 amide bonds. The predicted molar refractivity (Wildman–Crippen MR) is 68.0 cm³/mol. The van der Waals surface area contributed by atoms with Gasteiger partial charge in [0.2, 0.25) is 0 Å². The van der Waals surface area contributed by atoms with E-state index in [2.05, 4.69) is 9.88 Å². The highest BCUT2D eigenvalue weighted by Gasteiger charge is 2.23. The van der Waals surface area contributed by atoms with E-state index in [1.54, 1.807) is 6.20 Å². The minimum absolute atomic E-state index is 0.266. The Bertz CT molecular complexity index is 365. The Kier molecular flexibility index (Phi) is 4.42. The maximum atomic E-state index is 9.09. The van der Waals surface area contributed by atoms with Crippen molar-refractivity contribution in [3.63, 3.8) is 0 Å². The molecule has 0 radical (unpaired) electrons. The van der Waals surface area contributed by atoms with Gasteiger partial charge in [0.05, 0.1) is 12.7 Å². The Morgan fingerprint density at radius 2 is 2.35 bits per heavy atom. The number of nitrogens with zero attached hydrogens (tertiary/aromatic N) is 3. The van der Waals surface area contributed by atoms with E-state index in [0.29, 0.717) is 11.2 Å². The number of imidazole rings is 1. The Hall–Kier alpha value is -0.580. The monoisotopic (exact) mass is 257 g/mol. The van der Waals surface area contributed by atoms with Gasteiger partial charge in [-0.2, -0.15) is 0 Å². The maximum Gasteiger partial charge on any atom is 0.128 e. The zero-order valence-corrected chi connectivity index (χ0v) is 11.0. The number of halogens is 1. The summed E-state index contributed by atoms with van der Waals surface area (Å²) in [5, 5.41) is 9.77. The van der Waals surface area contributed by atoms with Crippen LogP contribution in [0.5, 0.6) is 0 Å². The molecule has 1 saturated heterocycles. The highest BCUT2D eigenvalue weighted by molar-refractivity contribution is 6.29. The predicted octanol–water partition coefficient (Wildman–Crippen LogP) is 1.81. The molecule has 2 heterocycles. The van der Waals surface area contributed by atoms with Crippen LogP contribution in [0.1, 0.15) is 31.5 Å². The minimum atomic E-state index is 0.266. The normalized spacial score (nSPS) is 21.9. The van der Waals surface area contributed by atoms with E-state index in [9.17, 15) is 0 Å². The van der Waals surface area contributed by atoms with Gasteiger partial charge in [0.15, 0.2) is 0 Å². The molecule has 5 heteroatoms. The van der Waals surface area contributed by atoms with E-state index in [0.717, 1.165) is 25.3 Å². The molecule has 17 heavy (non-hydrogen) atoms. The van der Waals surface area contributed by atoms with Gasteiger partial charge in [-0.05, 0) is 25.8 Å². The molecule has 1 fully saturated rings. The van der Waals surface area contributed by atoms with Crippen LogP contribution in [0.25, 0.3) is 0 Å². The average Bonchev–Trinajstić information content (AvgIpc) is 2.64. The molecule has 1 atom stereocenters. The van der Waals surface area contributed by atoms with Crippen LogP contribution >= 0.6 is 11.6 Å². The van der Waals surface area contributed by atoms with E-state index in [-0.39, 0.29) is 6.61 Å². The number of aromatic nitrogens is 2. The molecule has 1 aromatic heterocycles. The molecule has 0 saturated carbocycles. The van der Waals surface area contributed by atoms with Crippen LogP contribution in [0.15, 0.2) is 6.20 Å². The third kappa shape index (κ3) is 3.00. The molecular weight excluding hydrogens is 238 g/mol. The largest absolute Gasteiger partial charge is 0.396 e. The number of aliphatic hydroxyl groups excluding tert-OH is 1. The lowest BCUT2D eigenvalue weighted by atomic mass is 10.00. The van der Waals surface area contributed by atoms with Gasteiger partial charge in [-0.1, -0.05) is 18.0 Å². The summed E-state index contributed by atoms with van der Waals surface area (Å²) in [5.74, 6) is 1.000. The summed E-state index contributed by atoms with van der Waals surface area (Å²) in [6.07, 6.45) is 6.24. The molecule has 1 aliphatic rings. The third-order valence-corrected chi connectivity index (χ3v) is 3.93. The Morgan fingerprint density at radius 3 is 3.00 bits per heavy atom. The molecule has 1 N–H and O–H groups in total. The SMILES string of the molecule is Cn1c(Cl)cnc1CN1CCCCC1CCO. The molecule has 0 spiro atoms. The summed E-state index contributed by atoms with van der Waals surface area (Å²) in [5.41, 5.74) is 0. The van der Waals surface area contributed by atoms with Crippen molar-refractivity contribution in [1.82, 2.24) is 14.5 Å². The van der Waals surface area contributed by atoms with Crippen molar-refractivity contribution in [1.29, 1.82) is 0 Å². The summed E-state index contributed by atoms with van der Waals surface area (Å²) in [6, 6.07) is 0.490. The Morgan fingerprint density at radius 1 is 1.53 bits per heavy atom. The minimum Gasteiger partial charge on any atom is -0.396 e. The van der Waals surface area contributed by atoms with Crippen molar-refractivity contribution in [2.45, 2.75) is 38.3 Å². The molecule has 0 aromatic carbocycles. The lowest BCUT2D eigenvalue weighted by Crippen LogP contribution is -2.40. The number of rotatable bonds is 4. The van der Waals surface area contributed by atoms with E-state index < -0.39 is 0 Å². The first-order valence-electron chi connectivity index (χ1n) is 6.23. The molecule has 0 bridgehead atoms. The first-order chi connectivity index (χ1) is 8.22. The third-order valence-electron chi connectivity index (χ3n) is 3.58. The second-order valence-corrected chi connectivity index (χ2v) is 5.08. The molecule has 1 aliphatic heterocycles. The summed E-state index contributed by atoms with van der Waals surface area (Å²) in [6.45, 7) is 2.19. The lowest BCUT2D eigenvalue weighted by molar-refractivity contribution is 0.109. The van der Waals surface area contributed by atoms with Crippen molar-refractivity contribution < 1.29 is 5.11 Å². The number of piperidine rings is 1. The van der Waals surface area contributed by atoms with Gasteiger partial charge in [-0.3, -0.25) is 4.90 Å². The summed E-state index contributed by atoms with van der Waals surface area (Å²) >= 11 is 5.99. The van der Waals surface area contributed by atoms with Gasteiger partial charge in [-0.15, -0.1) is 0 Å². The molecule has 1 unspecified atom stereocenters. The van der Waals surface area contributed by atoms with Crippen molar-refractivity contribution in [3.05, 3.63) is 17.2 Å². The van der Waals surface area contributed by atoms with Crippen LogP contribution in [0.2, 0.25) is 5.15 Å². The number of hydrogen-bond donors (Lipinski definition) is 1. The van der Waals surface area contributed by atoms with Crippen molar-refractivity contribution in [3.8, 4) is 0 Å². The van der Waals surface area contributed by atoms with E-state index in [4.69, 9.17) is 16.7 Å². The molecular formula is C12H20ClN3O. The Labute approximate surface area is 107 Å². The molecule has 0 aliphatic carbocycles. The van der Waals surface area contributed by atoms with Gasteiger partial charge in [0, 0.05) is 19.7 Å². The van der Waals surface area contributed by atoms with Gasteiger partial charge in [0.1, 0.15) is 11.0 Å². The smallest absolute Gasteiger partial charge is 0.128 e.